The highest BCUT2D eigenvalue weighted by Crippen LogP contribution is 2.15. The van der Waals surface area contributed by atoms with E-state index in [4.69, 9.17) is 18.9 Å². The second-order valence-electron chi connectivity index (χ2n) is 18.5. The van der Waals surface area contributed by atoms with Crippen LogP contribution in [0.1, 0.15) is 219 Å². The van der Waals surface area contributed by atoms with Gasteiger partial charge in [-0.15, -0.1) is 0 Å². The maximum absolute atomic E-state index is 12.8. The minimum atomic E-state index is -1.51. The zero-order chi connectivity index (χ0) is 46.3. The third-order valence-electron chi connectivity index (χ3n) is 11.1. The number of allylic oxidation sites excluding steroid dienone is 8. The van der Waals surface area contributed by atoms with Gasteiger partial charge in [0.05, 0.1) is 34.4 Å². The highest BCUT2D eigenvalue weighted by Gasteiger charge is 2.25. The molecule has 9 nitrogen and oxygen atoms in total. The van der Waals surface area contributed by atoms with Gasteiger partial charge in [0.2, 0.25) is 0 Å². The first-order valence-corrected chi connectivity index (χ1v) is 25.8. The lowest BCUT2D eigenvalue weighted by atomic mass is 10.1. The molecule has 0 bridgehead atoms. The van der Waals surface area contributed by atoms with E-state index in [1.54, 1.807) is 0 Å². The number of rotatable bonds is 47. The molecule has 0 aromatic carbocycles. The maximum Gasteiger partial charge on any atom is 0.361 e. The number of hydrogen-bond donors (Lipinski definition) is 1. The van der Waals surface area contributed by atoms with E-state index < -0.39 is 24.3 Å². The van der Waals surface area contributed by atoms with E-state index >= 15 is 0 Å². The SMILES string of the molecule is CCCCC/C=C\C/C=C\CCCCCCCCCC(=O)OCC(COC(OCC[N+](C)(C)C)C(=O)O)OC(=O)CCCCCCCCCCC/C=C\C/C=C\CCCCCCC. The minimum absolute atomic E-state index is 0.184. The number of carbonyl (C=O) groups excluding carboxylic acids is 2. The fourth-order valence-electron chi connectivity index (χ4n) is 7.01. The number of carboxylic acids is 1. The van der Waals surface area contributed by atoms with E-state index in [2.05, 4.69) is 62.5 Å². The van der Waals surface area contributed by atoms with Crippen molar-refractivity contribution < 1.29 is 42.9 Å². The topological polar surface area (TPSA) is 108 Å². The molecule has 0 radical (unpaired) electrons. The number of aliphatic carboxylic acids is 1. The Balaban J connectivity index is 4.36. The molecular weight excluding hydrogens is 791 g/mol. The van der Waals surface area contributed by atoms with Gasteiger partial charge in [-0.3, -0.25) is 9.59 Å². The number of nitrogens with zero attached hydrogens (tertiary/aromatic N) is 1. The van der Waals surface area contributed by atoms with E-state index in [1.807, 2.05) is 21.1 Å². The lowest BCUT2D eigenvalue weighted by Gasteiger charge is -2.25. The third-order valence-corrected chi connectivity index (χ3v) is 11.1. The van der Waals surface area contributed by atoms with Crippen molar-refractivity contribution in [2.45, 2.75) is 232 Å². The first kappa shape index (κ1) is 60.2. The van der Waals surface area contributed by atoms with Crippen LogP contribution in [0.3, 0.4) is 0 Å². The number of likely N-dealkylation sites (N-methyl/N-ethyl adjacent to an activating group) is 1. The summed E-state index contributed by atoms with van der Waals surface area (Å²) in [5, 5.41) is 9.67. The van der Waals surface area contributed by atoms with Gasteiger partial charge >= 0.3 is 17.9 Å². The van der Waals surface area contributed by atoms with Gasteiger partial charge < -0.3 is 28.5 Å². The van der Waals surface area contributed by atoms with Crippen LogP contribution in [0.15, 0.2) is 48.6 Å². The molecule has 1 N–H and O–H groups in total. The van der Waals surface area contributed by atoms with Crippen LogP contribution < -0.4 is 0 Å². The summed E-state index contributed by atoms with van der Waals surface area (Å²) in [5.41, 5.74) is 0. The van der Waals surface area contributed by atoms with Crippen molar-refractivity contribution >= 4 is 17.9 Å². The summed E-state index contributed by atoms with van der Waals surface area (Å²) in [6, 6.07) is 0. The van der Waals surface area contributed by atoms with Crippen molar-refractivity contribution in [1.82, 2.24) is 0 Å². The van der Waals surface area contributed by atoms with Gasteiger partial charge in [-0.05, 0) is 77.0 Å². The summed E-state index contributed by atoms with van der Waals surface area (Å²) in [7, 11) is 5.96. The Labute approximate surface area is 387 Å². The molecule has 0 saturated carbocycles. The molecule has 0 fully saturated rings. The van der Waals surface area contributed by atoms with Crippen molar-refractivity contribution in [3.8, 4) is 0 Å². The molecule has 0 aliphatic heterocycles. The van der Waals surface area contributed by atoms with Crippen LogP contribution in [0.2, 0.25) is 0 Å². The van der Waals surface area contributed by atoms with Crippen LogP contribution in [-0.2, 0) is 33.3 Å². The fourth-order valence-corrected chi connectivity index (χ4v) is 7.01. The molecule has 9 heteroatoms. The van der Waals surface area contributed by atoms with Crippen molar-refractivity contribution in [1.29, 1.82) is 0 Å². The zero-order valence-corrected chi connectivity index (χ0v) is 41.5. The van der Waals surface area contributed by atoms with Gasteiger partial charge in [0.25, 0.3) is 6.29 Å². The molecule has 0 aliphatic carbocycles. The predicted molar refractivity (Wildman–Crippen MR) is 263 cm³/mol. The van der Waals surface area contributed by atoms with E-state index in [0.717, 1.165) is 64.2 Å². The van der Waals surface area contributed by atoms with Gasteiger partial charge in [0, 0.05) is 12.8 Å². The summed E-state index contributed by atoms with van der Waals surface area (Å²) in [4.78, 5) is 37.3. The Hall–Kier alpha value is -2.75. The van der Waals surface area contributed by atoms with Crippen molar-refractivity contribution in [3.05, 3.63) is 48.6 Å². The quantitative estimate of drug-likeness (QED) is 0.0212. The van der Waals surface area contributed by atoms with Crippen LogP contribution in [0.25, 0.3) is 0 Å². The smallest absolute Gasteiger partial charge is 0.361 e. The number of unbranched alkanes of at least 4 members (excludes halogenated alkanes) is 24. The van der Waals surface area contributed by atoms with E-state index in [0.29, 0.717) is 23.9 Å². The number of carbonyl (C=O) groups is 3. The molecule has 0 spiro atoms. The minimum Gasteiger partial charge on any atom is -0.477 e. The normalized spacial score (nSPS) is 13.2. The van der Waals surface area contributed by atoms with Crippen LogP contribution >= 0.6 is 0 Å². The molecule has 0 aromatic heterocycles. The molecule has 63 heavy (non-hydrogen) atoms. The molecule has 0 aliphatic rings. The maximum atomic E-state index is 12.8. The number of esters is 2. The third kappa shape index (κ3) is 47.0. The summed E-state index contributed by atoms with van der Waals surface area (Å²) in [6.45, 7) is 4.83. The van der Waals surface area contributed by atoms with Crippen LogP contribution in [0.4, 0.5) is 0 Å². The molecule has 0 rings (SSSR count). The summed E-state index contributed by atoms with van der Waals surface area (Å²) < 4.78 is 22.8. The van der Waals surface area contributed by atoms with Crippen molar-refractivity contribution in [2.75, 3.05) is 47.5 Å². The van der Waals surface area contributed by atoms with Gasteiger partial charge in [0.1, 0.15) is 13.2 Å². The van der Waals surface area contributed by atoms with Gasteiger partial charge in [-0.2, -0.15) is 0 Å². The van der Waals surface area contributed by atoms with E-state index in [1.165, 1.54) is 122 Å². The average molecular weight is 889 g/mol. The largest absolute Gasteiger partial charge is 0.477 e. The van der Waals surface area contributed by atoms with E-state index in [9.17, 15) is 19.5 Å². The lowest BCUT2D eigenvalue weighted by Crippen LogP contribution is -2.40. The Bertz CT molecular complexity index is 1170. The lowest BCUT2D eigenvalue weighted by molar-refractivity contribution is -0.870. The molecule has 0 amide bonds. The van der Waals surface area contributed by atoms with Crippen molar-refractivity contribution in [3.63, 3.8) is 0 Å². The summed E-state index contributed by atoms with van der Waals surface area (Å²) in [5.74, 6) is -2.02. The monoisotopic (exact) mass is 889 g/mol. The fraction of sp³-hybridized carbons (Fsp3) is 0.796. The molecular formula is C54H98NO8+. The number of carboxylic acid groups (broad SMARTS) is 1. The van der Waals surface area contributed by atoms with Crippen LogP contribution in [-0.4, -0.2) is 87.4 Å². The Morgan fingerprint density at radius 1 is 0.476 bits per heavy atom. The number of ether oxygens (including phenoxy) is 4. The second kappa shape index (κ2) is 45.8. The average Bonchev–Trinajstić information content (AvgIpc) is 3.24. The highest BCUT2D eigenvalue weighted by atomic mass is 16.7. The first-order valence-electron chi connectivity index (χ1n) is 25.8. The Kier molecular flexibility index (Phi) is 43.8. The van der Waals surface area contributed by atoms with Gasteiger partial charge in [0.15, 0.2) is 6.10 Å². The molecule has 0 heterocycles. The van der Waals surface area contributed by atoms with Gasteiger partial charge in [-0.25, -0.2) is 4.79 Å². The van der Waals surface area contributed by atoms with Crippen molar-refractivity contribution in [2.24, 2.45) is 0 Å². The Morgan fingerprint density at radius 3 is 1.29 bits per heavy atom. The molecule has 2 atom stereocenters. The second-order valence-corrected chi connectivity index (χ2v) is 18.5. The Morgan fingerprint density at radius 2 is 0.857 bits per heavy atom. The zero-order valence-electron chi connectivity index (χ0n) is 41.5. The summed E-state index contributed by atoms with van der Waals surface area (Å²) >= 11 is 0. The first-order chi connectivity index (χ1) is 30.6. The van der Waals surface area contributed by atoms with Crippen LogP contribution in [0, 0.1) is 0 Å². The molecule has 0 aromatic rings. The predicted octanol–water partition coefficient (Wildman–Crippen LogP) is 14.3. The number of hydrogen-bond acceptors (Lipinski definition) is 7. The molecule has 2 unspecified atom stereocenters. The standard InChI is InChI=1S/C54H97NO8/c1-6-8-10-12-14-16-18-20-22-24-25-26-27-29-31-33-35-37-39-41-43-45-52(57)63-50(49-62-54(53(58)59)60-47-46-55(3,4)5)48-61-51(56)44-42-40-38-36-34-32-30-28-23-21-19-17-15-13-11-9-7-2/h15,17-18,20-21,23-25,50,54H,6-14,16,19,22,26-49H2,1-5H3/p+1/b17-15-,20-18-,23-21-,25-24-. The summed E-state index contributed by atoms with van der Waals surface area (Å²) in [6.07, 6.45) is 51.6. The van der Waals surface area contributed by atoms with E-state index in [-0.39, 0.29) is 32.2 Å². The highest BCUT2D eigenvalue weighted by molar-refractivity contribution is 5.71. The number of quaternary nitrogens is 1. The molecule has 366 valence electrons. The molecule has 0 saturated heterocycles. The van der Waals surface area contributed by atoms with Crippen LogP contribution in [0.5, 0.6) is 0 Å². The van der Waals surface area contributed by atoms with Gasteiger partial charge in [-0.1, -0.05) is 178 Å².